The van der Waals surface area contributed by atoms with Crippen molar-refractivity contribution in [3.63, 3.8) is 0 Å². The summed E-state index contributed by atoms with van der Waals surface area (Å²) in [6.07, 6.45) is 0.592. The largest absolute Gasteiger partial charge is 0.507 e. The zero-order valence-corrected chi connectivity index (χ0v) is 23.0. The summed E-state index contributed by atoms with van der Waals surface area (Å²) < 4.78 is 16.5. The van der Waals surface area contributed by atoms with Gasteiger partial charge in [-0.25, -0.2) is 0 Å². The van der Waals surface area contributed by atoms with E-state index in [0.717, 1.165) is 22.4 Å². The Kier molecular flexibility index (Phi) is 7.39. The molecular formula is C30H30ClN3O5. The fraction of sp³-hybridized carbons (Fsp3) is 0.267. The lowest BCUT2D eigenvalue weighted by molar-refractivity contribution is 0.0746. The van der Waals surface area contributed by atoms with Crippen molar-refractivity contribution in [2.45, 2.75) is 26.3 Å². The zero-order chi connectivity index (χ0) is 27.7. The summed E-state index contributed by atoms with van der Waals surface area (Å²) in [6.45, 7) is 4.75. The second-order valence-corrected chi connectivity index (χ2v) is 9.73. The fourth-order valence-corrected chi connectivity index (χ4v) is 5.20. The van der Waals surface area contributed by atoms with Gasteiger partial charge in [0.15, 0.2) is 11.5 Å². The van der Waals surface area contributed by atoms with Crippen LogP contribution in [0.2, 0.25) is 5.02 Å². The maximum absolute atomic E-state index is 13.7. The van der Waals surface area contributed by atoms with Crippen LogP contribution < -0.4 is 14.2 Å². The van der Waals surface area contributed by atoms with Crippen LogP contribution >= 0.6 is 11.6 Å². The highest BCUT2D eigenvalue weighted by molar-refractivity contribution is 6.31. The number of nitrogens with zero attached hydrogens (tertiary/aromatic N) is 2. The first-order chi connectivity index (χ1) is 18.9. The van der Waals surface area contributed by atoms with Crippen LogP contribution in [0.1, 0.15) is 45.7 Å². The van der Waals surface area contributed by atoms with Crippen LogP contribution in [-0.2, 0) is 6.42 Å². The number of phenols is 1. The monoisotopic (exact) mass is 547 g/mol. The first kappa shape index (κ1) is 26.4. The molecule has 0 spiro atoms. The lowest BCUT2D eigenvalue weighted by atomic mass is 9.95. The molecule has 0 saturated heterocycles. The second kappa shape index (κ2) is 10.9. The molecule has 39 heavy (non-hydrogen) atoms. The second-order valence-electron chi connectivity index (χ2n) is 9.32. The van der Waals surface area contributed by atoms with Gasteiger partial charge in [-0.05, 0) is 73.4 Å². The molecular weight excluding hydrogens is 518 g/mol. The number of carbonyl (C=O) groups is 1. The molecule has 1 unspecified atom stereocenters. The summed E-state index contributed by atoms with van der Waals surface area (Å²) in [6, 6.07) is 16.3. The van der Waals surface area contributed by atoms with Gasteiger partial charge in [0.2, 0.25) is 0 Å². The summed E-state index contributed by atoms with van der Waals surface area (Å²) in [5, 5.41) is 18.7. The van der Waals surface area contributed by atoms with Gasteiger partial charge in [-0.3, -0.25) is 9.89 Å². The number of H-pyrrole nitrogens is 1. The predicted molar refractivity (Wildman–Crippen MR) is 149 cm³/mol. The van der Waals surface area contributed by atoms with Crippen molar-refractivity contribution in [3.05, 3.63) is 87.6 Å². The molecule has 5 rings (SSSR count). The molecule has 0 saturated carbocycles. The number of aromatic amines is 1. The average Bonchev–Trinajstić information content (AvgIpc) is 3.48. The lowest BCUT2D eigenvalue weighted by Gasteiger charge is -2.27. The summed E-state index contributed by atoms with van der Waals surface area (Å²) in [5.74, 6) is 1.91. The van der Waals surface area contributed by atoms with Crippen molar-refractivity contribution in [2.75, 3.05) is 27.4 Å². The van der Waals surface area contributed by atoms with Crippen molar-refractivity contribution < 1.29 is 24.1 Å². The Bertz CT molecular complexity index is 1520. The minimum absolute atomic E-state index is 0.0490. The summed E-state index contributed by atoms with van der Waals surface area (Å²) >= 11 is 6.42. The number of halogens is 1. The summed E-state index contributed by atoms with van der Waals surface area (Å²) in [7, 11) is 3.20. The number of fused-ring (bicyclic) bond motifs is 1. The maximum Gasteiger partial charge on any atom is 0.273 e. The number of rotatable bonds is 9. The van der Waals surface area contributed by atoms with Gasteiger partial charge in [0.05, 0.1) is 26.9 Å². The van der Waals surface area contributed by atoms with Crippen LogP contribution in [0.4, 0.5) is 0 Å². The van der Waals surface area contributed by atoms with Crippen molar-refractivity contribution in [2.24, 2.45) is 0 Å². The van der Waals surface area contributed by atoms with Crippen molar-refractivity contribution >= 4 is 17.5 Å². The topological polar surface area (TPSA) is 96.9 Å². The number of nitrogens with one attached hydrogen (secondary N) is 1. The van der Waals surface area contributed by atoms with Gasteiger partial charge in [-0.2, -0.15) is 5.10 Å². The highest BCUT2D eigenvalue weighted by Crippen LogP contribution is 2.45. The standard InChI is InChI=1S/C30H30ClN3O5/c1-5-39-20-9-7-19(8-10-20)29-26-27(21-16-22(31)17(2)14-23(21)35)32-33-28(26)30(36)34(29)13-12-18-6-11-24(37-3)25(15-18)38-4/h6-11,14-16,29,35H,5,12-13H2,1-4H3,(H,32,33). The Morgan fingerprint density at radius 3 is 2.49 bits per heavy atom. The number of hydrogen-bond acceptors (Lipinski definition) is 6. The number of methoxy groups -OCH3 is 2. The molecule has 0 radical (unpaired) electrons. The molecule has 1 aliphatic rings. The Morgan fingerprint density at radius 1 is 1.05 bits per heavy atom. The van der Waals surface area contributed by atoms with E-state index in [0.29, 0.717) is 58.6 Å². The molecule has 3 aromatic carbocycles. The van der Waals surface area contributed by atoms with E-state index in [1.54, 1.807) is 26.4 Å². The van der Waals surface area contributed by atoms with Gasteiger partial charge in [-0.15, -0.1) is 0 Å². The van der Waals surface area contributed by atoms with Gasteiger partial charge in [0, 0.05) is 22.7 Å². The minimum Gasteiger partial charge on any atom is -0.507 e. The van der Waals surface area contributed by atoms with Gasteiger partial charge in [0.1, 0.15) is 22.9 Å². The van der Waals surface area contributed by atoms with Crippen LogP contribution in [-0.4, -0.2) is 53.5 Å². The first-order valence-corrected chi connectivity index (χ1v) is 13.1. The van der Waals surface area contributed by atoms with Gasteiger partial charge in [0.25, 0.3) is 5.91 Å². The van der Waals surface area contributed by atoms with Gasteiger partial charge < -0.3 is 24.2 Å². The molecule has 0 fully saturated rings. The predicted octanol–water partition coefficient (Wildman–Crippen LogP) is 5.95. The van der Waals surface area contributed by atoms with Crippen molar-refractivity contribution in [1.82, 2.24) is 15.1 Å². The first-order valence-electron chi connectivity index (χ1n) is 12.7. The van der Waals surface area contributed by atoms with Crippen LogP contribution in [0.15, 0.2) is 54.6 Å². The average molecular weight is 548 g/mol. The molecule has 8 nitrogen and oxygen atoms in total. The molecule has 202 valence electrons. The van der Waals surface area contributed by atoms with Crippen LogP contribution in [0.25, 0.3) is 11.3 Å². The molecule has 9 heteroatoms. The number of amides is 1. The maximum atomic E-state index is 13.7. The Labute approximate surface area is 232 Å². The van der Waals surface area contributed by atoms with Crippen molar-refractivity contribution in [3.8, 4) is 34.3 Å². The van der Waals surface area contributed by atoms with E-state index in [1.165, 1.54) is 0 Å². The number of aromatic hydroxyl groups is 1. The normalized spacial score (nSPS) is 14.4. The Hall–Kier alpha value is -4.17. The van der Waals surface area contributed by atoms with E-state index in [-0.39, 0.29) is 11.7 Å². The Balaban J connectivity index is 1.56. The third-order valence-corrected chi connectivity index (χ3v) is 7.40. The molecule has 1 aliphatic heterocycles. The number of aryl methyl sites for hydroxylation is 1. The molecule has 1 atom stereocenters. The third kappa shape index (κ3) is 4.88. The SMILES string of the molecule is CCOc1ccc(C2c3c(-c4cc(Cl)c(C)cc4O)n[nH]c3C(=O)N2CCc2ccc(OC)c(OC)c2)cc1. The molecule has 2 N–H and O–H groups in total. The molecule has 4 aromatic rings. The van der Waals surface area contributed by atoms with E-state index in [4.69, 9.17) is 25.8 Å². The van der Waals surface area contributed by atoms with E-state index in [2.05, 4.69) is 10.2 Å². The third-order valence-electron chi connectivity index (χ3n) is 6.99. The molecule has 1 amide bonds. The fourth-order valence-electron chi connectivity index (χ4n) is 5.03. The van der Waals surface area contributed by atoms with Crippen molar-refractivity contribution in [1.29, 1.82) is 0 Å². The van der Waals surface area contributed by atoms with Crippen LogP contribution in [0.3, 0.4) is 0 Å². The molecule has 0 bridgehead atoms. The minimum atomic E-state index is -0.434. The number of phenolic OH excluding ortho intramolecular Hbond substituents is 1. The highest BCUT2D eigenvalue weighted by atomic mass is 35.5. The molecule has 0 aliphatic carbocycles. The number of carbonyl (C=O) groups excluding carboxylic acids is 1. The van der Waals surface area contributed by atoms with E-state index < -0.39 is 6.04 Å². The van der Waals surface area contributed by atoms with Gasteiger partial charge >= 0.3 is 0 Å². The smallest absolute Gasteiger partial charge is 0.273 e. The number of ether oxygens (including phenoxy) is 3. The summed E-state index contributed by atoms with van der Waals surface area (Å²) in [4.78, 5) is 15.6. The quantitative estimate of drug-likeness (QED) is 0.269. The number of benzene rings is 3. The Morgan fingerprint density at radius 2 is 1.79 bits per heavy atom. The molecule has 2 heterocycles. The zero-order valence-electron chi connectivity index (χ0n) is 22.2. The lowest BCUT2D eigenvalue weighted by Crippen LogP contribution is -2.31. The van der Waals surface area contributed by atoms with Crippen LogP contribution in [0, 0.1) is 6.92 Å². The van der Waals surface area contributed by atoms with E-state index >= 15 is 0 Å². The highest BCUT2D eigenvalue weighted by Gasteiger charge is 2.42. The summed E-state index contributed by atoms with van der Waals surface area (Å²) in [5.41, 5.74) is 4.71. The van der Waals surface area contributed by atoms with E-state index in [9.17, 15) is 9.90 Å². The van der Waals surface area contributed by atoms with E-state index in [1.807, 2.05) is 61.2 Å². The van der Waals surface area contributed by atoms with Gasteiger partial charge in [-0.1, -0.05) is 29.8 Å². The molecule has 1 aromatic heterocycles. The number of aromatic nitrogens is 2. The van der Waals surface area contributed by atoms with Crippen LogP contribution in [0.5, 0.6) is 23.0 Å². The number of hydrogen-bond donors (Lipinski definition) is 2.